The molecule has 5 heteroatoms. The highest BCUT2D eigenvalue weighted by atomic mass is 19.1. The van der Waals surface area contributed by atoms with Crippen molar-refractivity contribution < 1.29 is 9.50 Å². The van der Waals surface area contributed by atoms with Crippen molar-refractivity contribution in [3.05, 3.63) is 24.3 Å². The first-order valence-electron chi connectivity index (χ1n) is 6.47. The van der Waals surface area contributed by atoms with Gasteiger partial charge in [0.05, 0.1) is 17.5 Å². The minimum Gasteiger partial charge on any atom is -0.389 e. The molecule has 0 bridgehead atoms. The van der Waals surface area contributed by atoms with Crippen LogP contribution in [0, 0.1) is 11.7 Å². The highest BCUT2D eigenvalue weighted by Crippen LogP contribution is 2.35. The number of hydrogen-bond acceptors (Lipinski definition) is 4. The van der Waals surface area contributed by atoms with E-state index in [1.165, 1.54) is 6.20 Å². The summed E-state index contributed by atoms with van der Waals surface area (Å²) in [5, 5.41) is 13.9. The molecule has 18 heavy (non-hydrogen) atoms. The fraction of sp³-hybridized carbons (Fsp3) is 0.615. The van der Waals surface area contributed by atoms with Gasteiger partial charge in [0.1, 0.15) is 0 Å². The van der Waals surface area contributed by atoms with E-state index in [-0.39, 0.29) is 11.7 Å². The zero-order valence-electron chi connectivity index (χ0n) is 10.3. The highest BCUT2D eigenvalue weighted by Gasteiger charge is 2.43. The number of anilines is 1. The molecule has 0 radical (unpaired) electrons. The fourth-order valence-corrected chi connectivity index (χ4v) is 3.07. The number of piperidine rings is 2. The van der Waals surface area contributed by atoms with Crippen molar-refractivity contribution in [3.8, 4) is 0 Å². The first kappa shape index (κ1) is 11.9. The van der Waals surface area contributed by atoms with Crippen LogP contribution in [0.1, 0.15) is 12.8 Å². The third-order valence-electron chi connectivity index (χ3n) is 4.23. The molecule has 2 aliphatic heterocycles. The molecular weight excluding hydrogens is 233 g/mol. The average Bonchev–Trinajstić information content (AvgIpc) is 2.38. The molecule has 0 aromatic carbocycles. The second-order valence-corrected chi connectivity index (χ2v) is 5.28. The zero-order chi connectivity index (χ0) is 12.6. The van der Waals surface area contributed by atoms with E-state index in [1.54, 1.807) is 12.3 Å². The Morgan fingerprint density at radius 2 is 2.39 bits per heavy atom. The van der Waals surface area contributed by atoms with Gasteiger partial charge in [-0.1, -0.05) is 0 Å². The maximum atomic E-state index is 13.7. The third kappa shape index (κ3) is 1.97. The van der Waals surface area contributed by atoms with E-state index in [9.17, 15) is 9.50 Å². The number of rotatable bonds is 1. The van der Waals surface area contributed by atoms with Crippen LogP contribution in [0.3, 0.4) is 0 Å². The van der Waals surface area contributed by atoms with Crippen molar-refractivity contribution in [1.29, 1.82) is 0 Å². The number of nitrogens with zero attached hydrogens (tertiary/aromatic N) is 2. The van der Waals surface area contributed by atoms with E-state index in [4.69, 9.17) is 0 Å². The first-order valence-corrected chi connectivity index (χ1v) is 6.47. The maximum absolute atomic E-state index is 13.7. The molecule has 2 aliphatic rings. The number of nitrogens with one attached hydrogen (secondary N) is 1. The van der Waals surface area contributed by atoms with E-state index in [1.807, 2.05) is 4.90 Å². The second-order valence-electron chi connectivity index (χ2n) is 5.28. The lowest BCUT2D eigenvalue weighted by molar-refractivity contribution is -0.0539. The van der Waals surface area contributed by atoms with Gasteiger partial charge in [-0.15, -0.1) is 0 Å². The van der Waals surface area contributed by atoms with Gasteiger partial charge in [0.15, 0.2) is 5.82 Å². The molecule has 3 rings (SSSR count). The van der Waals surface area contributed by atoms with Crippen molar-refractivity contribution in [2.75, 3.05) is 31.1 Å². The number of fused-ring (bicyclic) bond motifs is 1. The topological polar surface area (TPSA) is 48.4 Å². The summed E-state index contributed by atoms with van der Waals surface area (Å²) in [7, 11) is 0. The van der Waals surface area contributed by atoms with Crippen LogP contribution in [0.4, 0.5) is 10.1 Å². The van der Waals surface area contributed by atoms with E-state index in [2.05, 4.69) is 10.3 Å². The minimum absolute atomic E-state index is 0.174. The van der Waals surface area contributed by atoms with Gasteiger partial charge in [0.25, 0.3) is 0 Å². The summed E-state index contributed by atoms with van der Waals surface area (Å²) in [6.45, 7) is 3.08. The van der Waals surface area contributed by atoms with Crippen LogP contribution in [-0.4, -0.2) is 41.9 Å². The maximum Gasteiger partial charge on any atom is 0.164 e. The molecule has 1 aromatic rings. The van der Waals surface area contributed by atoms with Gasteiger partial charge >= 0.3 is 0 Å². The summed E-state index contributed by atoms with van der Waals surface area (Å²) in [6, 6.07) is 1.70. The first-order chi connectivity index (χ1) is 8.69. The predicted octanol–water partition coefficient (Wildman–Crippen LogP) is 0.771. The standard InChI is InChI=1S/C13H18FN3O/c14-11-8-15-4-1-12(11)17-6-3-13(18)2-5-16-7-10(13)9-17/h1,4,8,10,16,18H,2-3,5-7,9H2/t10-,13-/m0/s1. The van der Waals surface area contributed by atoms with Crippen molar-refractivity contribution in [2.45, 2.75) is 18.4 Å². The van der Waals surface area contributed by atoms with Crippen LogP contribution in [0.5, 0.6) is 0 Å². The number of aliphatic hydroxyl groups is 1. The summed E-state index contributed by atoms with van der Waals surface area (Å²) in [4.78, 5) is 5.79. The van der Waals surface area contributed by atoms with E-state index < -0.39 is 5.60 Å². The molecule has 0 unspecified atom stereocenters. The van der Waals surface area contributed by atoms with Crippen molar-refractivity contribution >= 4 is 5.69 Å². The molecule has 2 atom stereocenters. The predicted molar refractivity (Wildman–Crippen MR) is 67.0 cm³/mol. The Labute approximate surface area is 106 Å². The molecule has 3 heterocycles. The van der Waals surface area contributed by atoms with Gasteiger partial charge in [0.2, 0.25) is 0 Å². The molecule has 2 saturated heterocycles. The number of halogens is 1. The van der Waals surface area contributed by atoms with Crippen molar-refractivity contribution in [3.63, 3.8) is 0 Å². The van der Waals surface area contributed by atoms with Crippen LogP contribution in [-0.2, 0) is 0 Å². The van der Waals surface area contributed by atoms with Gasteiger partial charge < -0.3 is 15.3 Å². The van der Waals surface area contributed by atoms with Gasteiger partial charge in [-0.3, -0.25) is 4.98 Å². The Bertz CT molecular complexity index is 442. The van der Waals surface area contributed by atoms with Crippen molar-refractivity contribution in [2.24, 2.45) is 5.92 Å². The third-order valence-corrected chi connectivity index (χ3v) is 4.23. The normalized spacial score (nSPS) is 32.1. The lowest BCUT2D eigenvalue weighted by Gasteiger charge is -2.48. The Balaban J connectivity index is 1.80. The van der Waals surface area contributed by atoms with Gasteiger partial charge in [-0.05, 0) is 25.5 Å². The lowest BCUT2D eigenvalue weighted by Crippen LogP contribution is -2.59. The number of aromatic nitrogens is 1. The minimum atomic E-state index is -0.564. The summed E-state index contributed by atoms with van der Waals surface area (Å²) >= 11 is 0. The quantitative estimate of drug-likeness (QED) is 0.774. The number of hydrogen-bond donors (Lipinski definition) is 2. The SMILES string of the molecule is O[C@]12CCNC[C@H]1CN(c1ccncc1F)CC2. The lowest BCUT2D eigenvalue weighted by atomic mass is 9.76. The second kappa shape index (κ2) is 4.48. The van der Waals surface area contributed by atoms with Crippen LogP contribution >= 0.6 is 0 Å². The molecule has 0 amide bonds. The molecule has 2 fully saturated rings. The molecule has 0 aliphatic carbocycles. The monoisotopic (exact) mass is 251 g/mol. The van der Waals surface area contributed by atoms with Gasteiger partial charge in [-0.25, -0.2) is 4.39 Å². The van der Waals surface area contributed by atoms with Crippen LogP contribution in [0.2, 0.25) is 0 Å². The number of pyridine rings is 1. The fourth-order valence-electron chi connectivity index (χ4n) is 3.07. The Morgan fingerprint density at radius 3 is 3.22 bits per heavy atom. The van der Waals surface area contributed by atoms with Gasteiger partial charge in [0, 0.05) is 31.7 Å². The Morgan fingerprint density at radius 1 is 1.50 bits per heavy atom. The van der Waals surface area contributed by atoms with E-state index >= 15 is 0 Å². The Kier molecular flexibility index (Phi) is 2.95. The Hall–Kier alpha value is -1.20. The summed E-state index contributed by atoms with van der Waals surface area (Å²) in [6.07, 6.45) is 4.36. The molecule has 1 aromatic heterocycles. The van der Waals surface area contributed by atoms with Gasteiger partial charge in [-0.2, -0.15) is 0 Å². The molecule has 0 saturated carbocycles. The van der Waals surface area contributed by atoms with E-state index in [0.717, 1.165) is 19.5 Å². The zero-order valence-corrected chi connectivity index (χ0v) is 10.3. The van der Waals surface area contributed by atoms with Crippen LogP contribution in [0.25, 0.3) is 0 Å². The average molecular weight is 251 g/mol. The molecular formula is C13H18FN3O. The smallest absolute Gasteiger partial charge is 0.164 e. The summed E-state index contributed by atoms with van der Waals surface area (Å²) in [5.41, 5.74) is 0.0308. The molecule has 2 N–H and O–H groups in total. The molecule has 98 valence electrons. The van der Waals surface area contributed by atoms with E-state index in [0.29, 0.717) is 25.2 Å². The molecule has 4 nitrogen and oxygen atoms in total. The summed E-state index contributed by atoms with van der Waals surface area (Å²) < 4.78 is 13.7. The summed E-state index contributed by atoms with van der Waals surface area (Å²) in [5.74, 6) is -0.112. The highest BCUT2D eigenvalue weighted by molar-refractivity contribution is 5.47. The largest absolute Gasteiger partial charge is 0.389 e. The van der Waals surface area contributed by atoms with Crippen LogP contribution in [0.15, 0.2) is 18.5 Å². The molecule has 0 spiro atoms. The van der Waals surface area contributed by atoms with Crippen molar-refractivity contribution in [1.82, 2.24) is 10.3 Å². The van der Waals surface area contributed by atoms with Crippen LogP contribution < -0.4 is 10.2 Å².